The molecule has 0 amide bonds. The molecule has 4 aromatic heterocycles. The molecular weight excluding hydrogens is 741 g/mol. The van der Waals surface area contributed by atoms with Crippen LogP contribution < -0.4 is 0 Å². The number of fused-ring (bicyclic) bond motifs is 11. The van der Waals surface area contributed by atoms with E-state index in [2.05, 4.69) is 174 Å². The van der Waals surface area contributed by atoms with Gasteiger partial charge in [0.15, 0.2) is 17.5 Å². The molecule has 0 saturated carbocycles. The highest BCUT2D eigenvalue weighted by molar-refractivity contribution is 7.25. The van der Waals surface area contributed by atoms with Gasteiger partial charge >= 0.3 is 0 Å². The van der Waals surface area contributed by atoms with Gasteiger partial charge in [0.05, 0.1) is 22.3 Å². The molecule has 0 atom stereocenters. The van der Waals surface area contributed by atoms with E-state index in [0.717, 1.165) is 66.1 Å². The van der Waals surface area contributed by atoms with Gasteiger partial charge in [0.25, 0.3) is 0 Å². The number of thiophene rings is 1. The summed E-state index contributed by atoms with van der Waals surface area (Å²) in [6, 6.07) is 64.4. The zero-order valence-corrected chi connectivity index (χ0v) is 32.2. The van der Waals surface area contributed by atoms with Crippen LogP contribution >= 0.6 is 11.3 Å². The Bertz CT molecular complexity index is 3870. The van der Waals surface area contributed by atoms with Gasteiger partial charge in [-0.15, -0.1) is 11.3 Å². The second-order valence-corrected chi connectivity index (χ2v) is 16.2. The summed E-state index contributed by atoms with van der Waals surface area (Å²) in [7, 11) is 0. The van der Waals surface area contributed by atoms with Crippen LogP contribution in [-0.4, -0.2) is 19.5 Å². The minimum Gasteiger partial charge on any atom is -0.456 e. The predicted molar refractivity (Wildman–Crippen MR) is 246 cm³/mol. The fourth-order valence-electron chi connectivity index (χ4n) is 9.16. The fourth-order valence-corrected chi connectivity index (χ4v) is 10.2. The van der Waals surface area contributed by atoms with Crippen molar-refractivity contribution in [2.75, 3.05) is 0 Å². The van der Waals surface area contributed by atoms with Crippen LogP contribution in [0.5, 0.6) is 0 Å². The quantitative estimate of drug-likeness (QED) is 0.179. The van der Waals surface area contributed by atoms with E-state index in [4.69, 9.17) is 19.4 Å². The fraction of sp³-hybridized carbons (Fsp3) is 0. The Balaban J connectivity index is 1.18. The van der Waals surface area contributed by atoms with E-state index in [-0.39, 0.29) is 0 Å². The molecule has 59 heavy (non-hydrogen) atoms. The SMILES string of the molecule is c1ccc2cc3c(cc2c1)c1ccccc1n3-c1ccc2oc3ccccc3c2c1-c1nc(-c2ccc3sc4ccccc4c3c2)nc(-c2cccc3ccccc23)n1. The molecule has 9 aromatic carbocycles. The Morgan fingerprint density at radius 3 is 1.98 bits per heavy atom. The van der Waals surface area contributed by atoms with E-state index in [1.54, 1.807) is 11.3 Å². The van der Waals surface area contributed by atoms with Gasteiger partial charge < -0.3 is 8.98 Å². The van der Waals surface area contributed by atoms with Crippen LogP contribution in [0.15, 0.2) is 186 Å². The molecule has 0 bridgehead atoms. The van der Waals surface area contributed by atoms with Crippen molar-refractivity contribution in [3.05, 3.63) is 182 Å². The van der Waals surface area contributed by atoms with Crippen molar-refractivity contribution in [3.63, 3.8) is 0 Å². The van der Waals surface area contributed by atoms with Crippen LogP contribution in [0.4, 0.5) is 0 Å². The lowest BCUT2D eigenvalue weighted by atomic mass is 10.0. The Hall–Kier alpha value is -7.67. The molecule has 0 unspecified atom stereocenters. The third-order valence-electron chi connectivity index (χ3n) is 11.8. The largest absolute Gasteiger partial charge is 0.456 e. The highest BCUT2D eigenvalue weighted by Crippen LogP contribution is 2.44. The van der Waals surface area contributed by atoms with E-state index < -0.39 is 0 Å². The van der Waals surface area contributed by atoms with Crippen LogP contribution in [0.3, 0.4) is 0 Å². The minimum atomic E-state index is 0.576. The summed E-state index contributed by atoms with van der Waals surface area (Å²) in [5.74, 6) is 1.80. The highest BCUT2D eigenvalue weighted by Gasteiger charge is 2.25. The van der Waals surface area contributed by atoms with Crippen molar-refractivity contribution in [1.29, 1.82) is 0 Å². The van der Waals surface area contributed by atoms with Crippen molar-refractivity contribution >= 4 is 96.8 Å². The highest BCUT2D eigenvalue weighted by atomic mass is 32.1. The average molecular weight is 771 g/mol. The van der Waals surface area contributed by atoms with Gasteiger partial charge in [-0.1, -0.05) is 121 Å². The Morgan fingerprint density at radius 2 is 1.08 bits per heavy atom. The Morgan fingerprint density at radius 1 is 0.407 bits per heavy atom. The van der Waals surface area contributed by atoms with Crippen LogP contribution in [0.25, 0.3) is 125 Å². The third-order valence-corrected chi connectivity index (χ3v) is 13.0. The monoisotopic (exact) mass is 770 g/mol. The Kier molecular flexibility index (Phi) is 6.82. The second-order valence-electron chi connectivity index (χ2n) is 15.1. The number of rotatable bonds is 4. The molecule has 13 rings (SSSR count). The van der Waals surface area contributed by atoms with Crippen LogP contribution in [-0.2, 0) is 0 Å². The molecule has 0 saturated heterocycles. The lowest BCUT2D eigenvalue weighted by molar-refractivity contribution is 0.669. The van der Waals surface area contributed by atoms with Gasteiger partial charge in [-0.25, -0.2) is 15.0 Å². The molecule has 274 valence electrons. The zero-order chi connectivity index (χ0) is 38.6. The number of hydrogen-bond donors (Lipinski definition) is 0. The number of aromatic nitrogens is 4. The Labute approximate surface area is 341 Å². The molecule has 0 radical (unpaired) electrons. The first-order chi connectivity index (χ1) is 29.2. The zero-order valence-electron chi connectivity index (χ0n) is 31.4. The summed E-state index contributed by atoms with van der Waals surface area (Å²) in [5, 5.41) is 11.3. The first-order valence-corrected chi connectivity index (χ1v) is 20.6. The maximum Gasteiger partial charge on any atom is 0.166 e. The molecule has 13 aromatic rings. The molecule has 0 aliphatic rings. The van der Waals surface area contributed by atoms with Gasteiger partial charge in [-0.2, -0.15) is 0 Å². The smallest absolute Gasteiger partial charge is 0.166 e. The second kappa shape index (κ2) is 12.4. The van der Waals surface area contributed by atoms with E-state index in [1.165, 1.54) is 41.7 Å². The van der Waals surface area contributed by atoms with Crippen LogP contribution in [0.2, 0.25) is 0 Å². The third kappa shape index (κ3) is 4.87. The van der Waals surface area contributed by atoms with Gasteiger partial charge in [-0.05, 0) is 82.2 Å². The van der Waals surface area contributed by atoms with E-state index in [0.29, 0.717) is 17.5 Å². The topological polar surface area (TPSA) is 56.7 Å². The van der Waals surface area contributed by atoms with E-state index >= 15 is 0 Å². The van der Waals surface area contributed by atoms with Gasteiger partial charge in [0.1, 0.15) is 11.2 Å². The van der Waals surface area contributed by atoms with E-state index in [1.807, 2.05) is 12.1 Å². The molecule has 6 heteroatoms. The average Bonchev–Trinajstić information content (AvgIpc) is 3.96. The molecule has 5 nitrogen and oxygen atoms in total. The summed E-state index contributed by atoms with van der Waals surface area (Å²) in [6.07, 6.45) is 0. The van der Waals surface area contributed by atoms with Crippen LogP contribution in [0.1, 0.15) is 0 Å². The molecule has 0 aliphatic heterocycles. The number of nitrogens with zero attached hydrogens (tertiary/aromatic N) is 4. The normalized spacial score (nSPS) is 12.1. The van der Waals surface area contributed by atoms with Gasteiger partial charge in [0.2, 0.25) is 0 Å². The van der Waals surface area contributed by atoms with Crippen molar-refractivity contribution in [2.24, 2.45) is 0 Å². The number of benzene rings is 9. The molecule has 0 spiro atoms. The van der Waals surface area contributed by atoms with Crippen molar-refractivity contribution in [3.8, 4) is 39.9 Å². The van der Waals surface area contributed by atoms with Crippen molar-refractivity contribution in [1.82, 2.24) is 19.5 Å². The van der Waals surface area contributed by atoms with Crippen molar-refractivity contribution < 1.29 is 4.42 Å². The van der Waals surface area contributed by atoms with E-state index in [9.17, 15) is 0 Å². The summed E-state index contributed by atoms with van der Waals surface area (Å²) in [6.45, 7) is 0. The lowest BCUT2D eigenvalue weighted by Crippen LogP contribution is -2.04. The summed E-state index contributed by atoms with van der Waals surface area (Å²) < 4.78 is 11.5. The van der Waals surface area contributed by atoms with Gasteiger partial charge in [-0.3, -0.25) is 0 Å². The summed E-state index contributed by atoms with van der Waals surface area (Å²) >= 11 is 1.81. The number of para-hydroxylation sites is 2. The predicted octanol–water partition coefficient (Wildman–Crippen LogP) is 14.5. The summed E-state index contributed by atoms with van der Waals surface area (Å²) in [5.41, 5.74) is 7.52. The first kappa shape index (κ1) is 32.4. The lowest BCUT2D eigenvalue weighted by Gasteiger charge is -2.16. The molecule has 0 fully saturated rings. The maximum absolute atomic E-state index is 6.61. The molecule has 4 heterocycles. The molecule has 0 N–H and O–H groups in total. The number of furan rings is 1. The first-order valence-electron chi connectivity index (χ1n) is 19.8. The standard InChI is InChI=1S/C53H30N4OS/c1-2-14-33-30-44-40(28-32(33)13-1)36-17-5-8-21-42(36)57(44)43-25-26-46-49(39-19-6-9-22-45(39)58-46)50(43)53-55-51(34-24-27-48-41(29-34)37-18-7-10-23-47(37)59-48)54-52(56-53)38-20-11-15-31-12-3-4-16-35(31)38/h1-30H. The maximum atomic E-state index is 6.61. The molecule has 0 aliphatic carbocycles. The van der Waals surface area contributed by atoms with Crippen LogP contribution in [0, 0.1) is 0 Å². The summed E-state index contributed by atoms with van der Waals surface area (Å²) in [4.78, 5) is 16.3. The van der Waals surface area contributed by atoms with Gasteiger partial charge in [0, 0.05) is 52.8 Å². The minimum absolute atomic E-state index is 0.576. The van der Waals surface area contributed by atoms with Crippen molar-refractivity contribution in [2.45, 2.75) is 0 Å². The number of hydrogen-bond acceptors (Lipinski definition) is 5. The molecular formula is C53H30N4OS.